The Morgan fingerprint density at radius 1 is 1.14 bits per heavy atom. The van der Waals surface area contributed by atoms with Gasteiger partial charge in [0, 0.05) is 0 Å². The lowest BCUT2D eigenvalue weighted by molar-refractivity contribution is -0.138. The van der Waals surface area contributed by atoms with Crippen LogP contribution < -0.4 is 9.47 Å². The van der Waals surface area contributed by atoms with Crippen LogP contribution in [0.1, 0.15) is 24.0 Å². The van der Waals surface area contributed by atoms with E-state index in [9.17, 15) is 9.90 Å². The molecule has 0 aliphatic rings. The molecule has 0 aliphatic heterocycles. The van der Waals surface area contributed by atoms with E-state index >= 15 is 0 Å². The Balaban J connectivity index is 2.35. The van der Waals surface area contributed by atoms with Gasteiger partial charge in [0.05, 0.1) is 19.6 Å². The first-order valence-electron chi connectivity index (χ1n) is 7.23. The van der Waals surface area contributed by atoms with E-state index in [1.54, 1.807) is 7.11 Å². The van der Waals surface area contributed by atoms with Gasteiger partial charge < -0.3 is 14.6 Å². The normalized spacial score (nSPS) is 11.7. The number of hydrogen-bond donors (Lipinski definition) is 1. The molecule has 2 aromatic rings. The van der Waals surface area contributed by atoms with E-state index in [-0.39, 0.29) is 0 Å². The first kappa shape index (κ1) is 15.9. The Bertz CT molecular complexity index is 622. The highest BCUT2D eigenvalue weighted by atomic mass is 16.5. The van der Waals surface area contributed by atoms with Crippen LogP contribution in [0, 0.1) is 0 Å². The van der Waals surface area contributed by atoms with Gasteiger partial charge in [0.1, 0.15) is 0 Å². The van der Waals surface area contributed by atoms with Crippen molar-refractivity contribution in [3.63, 3.8) is 0 Å². The lowest BCUT2D eigenvalue weighted by Gasteiger charge is -2.17. The molecule has 0 saturated heterocycles. The number of methoxy groups -OCH3 is 1. The van der Waals surface area contributed by atoms with Gasteiger partial charge in [-0.3, -0.25) is 4.79 Å². The topological polar surface area (TPSA) is 55.8 Å². The van der Waals surface area contributed by atoms with Gasteiger partial charge in [-0.2, -0.15) is 0 Å². The van der Waals surface area contributed by atoms with Crippen LogP contribution in [0.25, 0.3) is 0 Å². The van der Waals surface area contributed by atoms with Crippen molar-refractivity contribution < 1.29 is 19.4 Å². The second-order valence-corrected chi connectivity index (χ2v) is 4.89. The molecule has 0 bridgehead atoms. The van der Waals surface area contributed by atoms with Crippen LogP contribution >= 0.6 is 0 Å². The summed E-state index contributed by atoms with van der Waals surface area (Å²) in [4.78, 5) is 11.6. The van der Waals surface area contributed by atoms with Crippen LogP contribution in [0.4, 0.5) is 0 Å². The fraction of sp³-hybridized carbons (Fsp3) is 0.278. The maximum Gasteiger partial charge on any atom is 0.311 e. The number of hydrogen-bond acceptors (Lipinski definition) is 3. The lowest BCUT2D eigenvalue weighted by atomic mass is 9.91. The molecular formula is C18H20O4. The van der Waals surface area contributed by atoms with Crippen molar-refractivity contribution in [2.45, 2.75) is 19.3 Å². The average Bonchev–Trinajstić information content (AvgIpc) is 2.53. The van der Waals surface area contributed by atoms with Crippen molar-refractivity contribution in [3.05, 3.63) is 59.7 Å². The molecule has 0 aromatic heterocycles. The van der Waals surface area contributed by atoms with E-state index in [2.05, 4.69) is 0 Å². The van der Waals surface area contributed by atoms with Gasteiger partial charge in [-0.1, -0.05) is 42.5 Å². The zero-order valence-corrected chi connectivity index (χ0v) is 12.8. The molecule has 0 spiro atoms. The first-order valence-corrected chi connectivity index (χ1v) is 7.23. The van der Waals surface area contributed by atoms with Crippen LogP contribution in [0.3, 0.4) is 0 Å². The minimum absolute atomic E-state index is 0.351. The molecule has 0 radical (unpaired) electrons. The second kappa shape index (κ2) is 7.50. The van der Waals surface area contributed by atoms with Gasteiger partial charge in [-0.25, -0.2) is 0 Å². The zero-order chi connectivity index (χ0) is 15.9. The van der Waals surface area contributed by atoms with Crippen LogP contribution in [-0.4, -0.2) is 24.8 Å². The third kappa shape index (κ3) is 3.58. The summed E-state index contributed by atoms with van der Waals surface area (Å²) in [5.41, 5.74) is 1.60. The molecule has 0 heterocycles. The van der Waals surface area contributed by atoms with Gasteiger partial charge >= 0.3 is 5.97 Å². The highest BCUT2D eigenvalue weighted by molar-refractivity contribution is 5.76. The van der Waals surface area contributed by atoms with Gasteiger partial charge in [0.15, 0.2) is 11.5 Å². The quantitative estimate of drug-likeness (QED) is 0.850. The number of benzene rings is 2. The molecule has 4 nitrogen and oxygen atoms in total. The number of para-hydroxylation sites is 1. The van der Waals surface area contributed by atoms with Crippen LogP contribution in [0.5, 0.6) is 11.5 Å². The number of carbonyl (C=O) groups is 1. The van der Waals surface area contributed by atoms with E-state index in [0.29, 0.717) is 24.5 Å². The third-order valence-corrected chi connectivity index (χ3v) is 3.49. The van der Waals surface area contributed by atoms with E-state index in [1.807, 2.05) is 55.5 Å². The molecule has 116 valence electrons. The summed E-state index contributed by atoms with van der Waals surface area (Å²) in [7, 11) is 1.57. The van der Waals surface area contributed by atoms with Gasteiger partial charge in [-0.05, 0) is 30.5 Å². The van der Waals surface area contributed by atoms with Crippen LogP contribution in [-0.2, 0) is 11.2 Å². The predicted octanol–water partition coefficient (Wildman–Crippen LogP) is 3.50. The summed E-state index contributed by atoms with van der Waals surface area (Å²) in [6.45, 7) is 2.43. The third-order valence-electron chi connectivity index (χ3n) is 3.49. The summed E-state index contributed by atoms with van der Waals surface area (Å²) in [6, 6.07) is 14.8. The SMILES string of the molecule is CCOc1cccc(CC(C(=O)O)c2ccccc2)c1OC. The highest BCUT2D eigenvalue weighted by Gasteiger charge is 2.23. The molecule has 4 heteroatoms. The Hall–Kier alpha value is -2.49. The average molecular weight is 300 g/mol. The summed E-state index contributed by atoms with van der Waals surface area (Å²) >= 11 is 0. The van der Waals surface area contributed by atoms with E-state index in [0.717, 1.165) is 11.1 Å². The van der Waals surface area contributed by atoms with Gasteiger partial charge in [0.2, 0.25) is 0 Å². The molecule has 1 atom stereocenters. The molecule has 2 aromatic carbocycles. The Morgan fingerprint density at radius 2 is 1.86 bits per heavy atom. The molecule has 0 saturated carbocycles. The van der Waals surface area contributed by atoms with Crippen molar-refractivity contribution in [1.82, 2.24) is 0 Å². The smallest absolute Gasteiger partial charge is 0.311 e. The summed E-state index contributed by atoms with van der Waals surface area (Å²) in [6.07, 6.45) is 0.351. The molecule has 2 rings (SSSR count). The van der Waals surface area contributed by atoms with Gasteiger partial charge in [0.25, 0.3) is 0 Å². The molecule has 0 aliphatic carbocycles. The standard InChI is InChI=1S/C18H20O4/c1-3-22-16-11-7-10-14(17(16)21-2)12-15(18(19)20)13-8-5-4-6-9-13/h4-11,15H,3,12H2,1-2H3,(H,19,20). The number of carboxylic acid groups (broad SMARTS) is 1. The van der Waals surface area contributed by atoms with Crippen molar-refractivity contribution in [2.75, 3.05) is 13.7 Å². The van der Waals surface area contributed by atoms with Crippen molar-refractivity contribution in [2.24, 2.45) is 0 Å². The van der Waals surface area contributed by atoms with Crippen molar-refractivity contribution >= 4 is 5.97 Å². The Morgan fingerprint density at radius 3 is 2.45 bits per heavy atom. The summed E-state index contributed by atoms with van der Waals surface area (Å²) < 4.78 is 11.0. The molecule has 0 amide bonds. The Kier molecular flexibility index (Phi) is 5.42. The highest BCUT2D eigenvalue weighted by Crippen LogP contribution is 2.34. The molecular weight excluding hydrogens is 280 g/mol. The molecule has 1 unspecified atom stereocenters. The molecule has 22 heavy (non-hydrogen) atoms. The first-order chi connectivity index (χ1) is 10.7. The monoisotopic (exact) mass is 300 g/mol. The molecule has 0 fully saturated rings. The van der Waals surface area contributed by atoms with Gasteiger partial charge in [-0.15, -0.1) is 0 Å². The number of carboxylic acids is 1. The van der Waals surface area contributed by atoms with Crippen LogP contribution in [0.2, 0.25) is 0 Å². The fourth-order valence-corrected chi connectivity index (χ4v) is 2.48. The minimum Gasteiger partial charge on any atom is -0.493 e. The fourth-order valence-electron chi connectivity index (χ4n) is 2.48. The predicted molar refractivity (Wildman–Crippen MR) is 84.7 cm³/mol. The summed E-state index contributed by atoms with van der Waals surface area (Å²) in [5.74, 6) is -0.228. The number of ether oxygens (including phenoxy) is 2. The maximum absolute atomic E-state index is 11.6. The lowest BCUT2D eigenvalue weighted by Crippen LogP contribution is -2.15. The van der Waals surface area contributed by atoms with Crippen LogP contribution in [0.15, 0.2) is 48.5 Å². The summed E-state index contributed by atoms with van der Waals surface area (Å²) in [5, 5.41) is 9.55. The maximum atomic E-state index is 11.6. The minimum atomic E-state index is -0.852. The zero-order valence-electron chi connectivity index (χ0n) is 12.8. The molecule has 1 N–H and O–H groups in total. The van der Waals surface area contributed by atoms with E-state index in [4.69, 9.17) is 9.47 Å². The Labute approximate surface area is 130 Å². The van der Waals surface area contributed by atoms with Crippen molar-refractivity contribution in [1.29, 1.82) is 0 Å². The van der Waals surface area contributed by atoms with E-state index < -0.39 is 11.9 Å². The van der Waals surface area contributed by atoms with Crippen molar-refractivity contribution in [3.8, 4) is 11.5 Å². The van der Waals surface area contributed by atoms with E-state index in [1.165, 1.54) is 0 Å². The second-order valence-electron chi connectivity index (χ2n) is 4.89. The largest absolute Gasteiger partial charge is 0.493 e. The number of rotatable bonds is 7. The number of aliphatic carboxylic acids is 1.